The Hall–Kier alpha value is -1.94. The number of esters is 4. The molecule has 0 aromatic heterocycles. The molecule has 0 aliphatic carbocycles. The van der Waals surface area contributed by atoms with Gasteiger partial charge in [0.05, 0.1) is 26.4 Å². The summed E-state index contributed by atoms with van der Waals surface area (Å²) in [4.78, 5) is 72.0. The molecule has 0 heterocycles. The van der Waals surface area contributed by atoms with Crippen molar-refractivity contribution in [1.29, 1.82) is 0 Å². The summed E-state index contributed by atoms with van der Waals surface area (Å²) in [7, 11) is -9.88. The van der Waals surface area contributed by atoms with Crippen LogP contribution in [0.5, 0.6) is 0 Å². The van der Waals surface area contributed by atoms with E-state index in [2.05, 4.69) is 41.5 Å². The van der Waals surface area contributed by atoms with Crippen molar-refractivity contribution < 1.29 is 80.2 Å². The fourth-order valence-electron chi connectivity index (χ4n) is 9.53. The fourth-order valence-corrected chi connectivity index (χ4v) is 11.1. The van der Waals surface area contributed by atoms with Gasteiger partial charge in [0, 0.05) is 25.7 Å². The van der Waals surface area contributed by atoms with Crippen molar-refractivity contribution in [2.75, 3.05) is 39.6 Å². The van der Waals surface area contributed by atoms with Crippen LogP contribution in [-0.4, -0.2) is 96.7 Å². The van der Waals surface area contributed by atoms with E-state index in [4.69, 9.17) is 37.0 Å². The van der Waals surface area contributed by atoms with Crippen molar-refractivity contribution >= 4 is 39.5 Å². The molecule has 0 bridgehead atoms. The Morgan fingerprint density at radius 2 is 0.554 bits per heavy atom. The number of aliphatic hydroxyl groups is 1. The van der Waals surface area contributed by atoms with E-state index in [1.54, 1.807) is 0 Å². The molecule has 0 aromatic rings. The monoisotopic (exact) mass is 1230 g/mol. The highest BCUT2D eigenvalue weighted by atomic mass is 31.2. The van der Waals surface area contributed by atoms with Gasteiger partial charge in [-0.25, -0.2) is 9.13 Å². The number of carbonyl (C=O) groups excluding carboxylic acids is 4. The lowest BCUT2D eigenvalue weighted by molar-refractivity contribution is -0.161. The number of phosphoric acid groups is 2. The van der Waals surface area contributed by atoms with E-state index in [9.17, 15) is 43.2 Å². The van der Waals surface area contributed by atoms with Gasteiger partial charge in [-0.15, -0.1) is 0 Å². The van der Waals surface area contributed by atoms with Crippen molar-refractivity contribution in [3.63, 3.8) is 0 Å². The second-order valence-electron chi connectivity index (χ2n) is 24.1. The van der Waals surface area contributed by atoms with E-state index in [0.29, 0.717) is 25.7 Å². The van der Waals surface area contributed by atoms with Gasteiger partial charge in [0.15, 0.2) is 12.2 Å². The average Bonchev–Trinajstić information content (AvgIpc) is 3.45. The Morgan fingerprint density at radius 3 is 0.819 bits per heavy atom. The molecule has 19 heteroatoms. The standard InChI is InChI=1S/C64H124O17P2/c1-7-9-11-13-15-29-36-42-48-63(68)80-59(52-74-61(66)46-40-34-26-14-12-10-8-2)54-78-82(70,71)76-50-58(65)51-77-83(72,73)79-55-60(53-75-62(67)47-41-35-30-24-21-20-23-28-33-39-45-57(5)6)81-64(69)49-43-37-31-25-19-17-16-18-22-27-32-38-44-56(3)4/h56-60,65H,7-55H2,1-6H3,(H,70,71)(H,72,73)/t58-,59+,60+/m0/s1. The topological polar surface area (TPSA) is 237 Å². The van der Waals surface area contributed by atoms with Gasteiger partial charge < -0.3 is 33.8 Å². The third-order valence-electron chi connectivity index (χ3n) is 14.7. The first-order chi connectivity index (χ1) is 39.9. The molecule has 0 rings (SSSR count). The minimum absolute atomic E-state index is 0.104. The maximum Gasteiger partial charge on any atom is 0.472 e. The van der Waals surface area contributed by atoms with E-state index in [-0.39, 0.29) is 25.7 Å². The Kier molecular flexibility index (Phi) is 55.2. The normalized spacial score (nSPS) is 14.3. The summed E-state index contributed by atoms with van der Waals surface area (Å²) < 4.78 is 67.9. The molecule has 0 fully saturated rings. The van der Waals surface area contributed by atoms with Crippen molar-refractivity contribution in [3.8, 4) is 0 Å². The van der Waals surface area contributed by atoms with Gasteiger partial charge in [-0.2, -0.15) is 0 Å². The summed E-state index contributed by atoms with van der Waals surface area (Å²) in [6, 6.07) is 0. The molecule has 0 saturated carbocycles. The van der Waals surface area contributed by atoms with E-state index in [1.807, 2.05) is 0 Å². The second-order valence-corrected chi connectivity index (χ2v) is 27.0. The van der Waals surface area contributed by atoms with Crippen LogP contribution in [-0.2, 0) is 65.4 Å². The number of carbonyl (C=O) groups is 4. The number of rotatable bonds is 63. The minimum atomic E-state index is -4.94. The molecule has 0 aliphatic heterocycles. The summed E-state index contributed by atoms with van der Waals surface area (Å²) in [5.41, 5.74) is 0. The van der Waals surface area contributed by atoms with Crippen LogP contribution in [0, 0.1) is 11.8 Å². The number of aliphatic hydroxyl groups excluding tert-OH is 1. The molecule has 0 radical (unpaired) electrons. The van der Waals surface area contributed by atoms with Crippen LogP contribution >= 0.6 is 15.6 Å². The second kappa shape index (κ2) is 56.6. The zero-order valence-corrected chi connectivity index (χ0v) is 55.3. The largest absolute Gasteiger partial charge is 0.472 e. The van der Waals surface area contributed by atoms with Gasteiger partial charge in [0.25, 0.3) is 0 Å². The highest BCUT2D eigenvalue weighted by Crippen LogP contribution is 2.45. The number of ether oxygens (including phenoxy) is 4. The quantitative estimate of drug-likeness (QED) is 0.0222. The molecule has 0 amide bonds. The van der Waals surface area contributed by atoms with Gasteiger partial charge in [-0.05, 0) is 37.5 Å². The predicted molar refractivity (Wildman–Crippen MR) is 331 cm³/mol. The lowest BCUT2D eigenvalue weighted by Crippen LogP contribution is -2.30. The SMILES string of the molecule is CCCCCCCCCCC(=O)O[C@H](COC(=O)CCCCCCCCC)COP(=O)(O)OC[C@H](O)COP(=O)(O)OC[C@@H](COC(=O)CCCCCCCCCCCCC(C)C)OC(=O)CCCCCCCCCCCCCCC(C)C. The first-order valence-corrected chi connectivity index (χ1v) is 36.5. The Bertz CT molecular complexity index is 1630. The van der Waals surface area contributed by atoms with Gasteiger partial charge in [-0.3, -0.25) is 37.3 Å². The van der Waals surface area contributed by atoms with E-state index in [1.165, 1.54) is 116 Å². The molecular formula is C64H124O17P2. The Labute approximate surface area is 505 Å². The third-order valence-corrected chi connectivity index (χ3v) is 16.6. The van der Waals surface area contributed by atoms with Crippen LogP contribution in [0.15, 0.2) is 0 Å². The molecule has 5 atom stereocenters. The fraction of sp³-hybridized carbons (Fsp3) is 0.938. The summed E-state index contributed by atoms with van der Waals surface area (Å²) in [5.74, 6) is -0.604. The molecule has 492 valence electrons. The highest BCUT2D eigenvalue weighted by molar-refractivity contribution is 7.47. The molecule has 17 nitrogen and oxygen atoms in total. The van der Waals surface area contributed by atoms with Gasteiger partial charge in [0.1, 0.15) is 19.3 Å². The van der Waals surface area contributed by atoms with E-state index >= 15 is 0 Å². The third kappa shape index (κ3) is 58.8. The summed E-state index contributed by atoms with van der Waals surface area (Å²) in [6.07, 6.45) is 39.1. The molecule has 0 saturated heterocycles. The smallest absolute Gasteiger partial charge is 0.462 e. The predicted octanol–water partition coefficient (Wildman–Crippen LogP) is 17.7. The number of hydrogen-bond acceptors (Lipinski definition) is 15. The van der Waals surface area contributed by atoms with Crippen LogP contribution < -0.4 is 0 Å². The van der Waals surface area contributed by atoms with Crippen LogP contribution in [0.25, 0.3) is 0 Å². The van der Waals surface area contributed by atoms with Crippen LogP contribution in [0.2, 0.25) is 0 Å². The van der Waals surface area contributed by atoms with Crippen molar-refractivity contribution in [2.45, 2.75) is 336 Å². The molecule has 0 aliphatic rings. The molecule has 0 aromatic carbocycles. The average molecular weight is 1230 g/mol. The summed E-state index contributed by atoms with van der Waals surface area (Å²) >= 11 is 0. The molecule has 0 spiro atoms. The van der Waals surface area contributed by atoms with Gasteiger partial charge >= 0.3 is 39.5 Å². The molecule has 83 heavy (non-hydrogen) atoms. The van der Waals surface area contributed by atoms with Crippen molar-refractivity contribution in [3.05, 3.63) is 0 Å². The summed E-state index contributed by atoms with van der Waals surface area (Å²) in [5, 5.41) is 10.5. The maximum absolute atomic E-state index is 13.0. The zero-order valence-electron chi connectivity index (χ0n) is 53.5. The van der Waals surface area contributed by atoms with E-state index in [0.717, 1.165) is 121 Å². The Morgan fingerprint density at radius 1 is 0.325 bits per heavy atom. The van der Waals surface area contributed by atoms with E-state index < -0.39 is 97.5 Å². The first kappa shape index (κ1) is 81.1. The number of phosphoric ester groups is 2. The van der Waals surface area contributed by atoms with Crippen LogP contribution in [0.1, 0.15) is 318 Å². The van der Waals surface area contributed by atoms with Crippen LogP contribution in [0.4, 0.5) is 0 Å². The van der Waals surface area contributed by atoms with Gasteiger partial charge in [0.2, 0.25) is 0 Å². The number of unbranched alkanes of at least 4 members (excludes halogenated alkanes) is 33. The lowest BCUT2D eigenvalue weighted by Gasteiger charge is -2.21. The van der Waals surface area contributed by atoms with Crippen LogP contribution in [0.3, 0.4) is 0 Å². The molecular weight excluding hydrogens is 1100 g/mol. The lowest BCUT2D eigenvalue weighted by atomic mass is 10.0. The zero-order chi connectivity index (χ0) is 61.5. The first-order valence-electron chi connectivity index (χ1n) is 33.5. The van der Waals surface area contributed by atoms with Crippen molar-refractivity contribution in [2.24, 2.45) is 11.8 Å². The molecule has 3 N–H and O–H groups in total. The molecule has 2 unspecified atom stereocenters. The Balaban J connectivity index is 5.20. The van der Waals surface area contributed by atoms with Gasteiger partial charge in [-0.1, -0.05) is 266 Å². The number of hydrogen-bond donors (Lipinski definition) is 3. The summed E-state index contributed by atoms with van der Waals surface area (Å²) in [6.45, 7) is 9.43. The van der Waals surface area contributed by atoms with Crippen molar-refractivity contribution in [1.82, 2.24) is 0 Å². The maximum atomic E-state index is 13.0. The highest BCUT2D eigenvalue weighted by Gasteiger charge is 2.30. The minimum Gasteiger partial charge on any atom is -0.462 e.